The van der Waals surface area contributed by atoms with Crippen LogP contribution in [0, 0.1) is 11.3 Å². The number of carbonyl (C=O) groups excluding carboxylic acids is 1. The van der Waals surface area contributed by atoms with Gasteiger partial charge in [-0.25, -0.2) is 0 Å². The topological polar surface area (TPSA) is 59.3 Å². The molecule has 0 aliphatic rings. The van der Waals surface area contributed by atoms with Crippen molar-refractivity contribution in [3.63, 3.8) is 0 Å². The van der Waals surface area contributed by atoms with Gasteiger partial charge in [0.1, 0.15) is 11.6 Å². The van der Waals surface area contributed by atoms with Crippen LogP contribution in [0.25, 0.3) is 6.08 Å². The van der Waals surface area contributed by atoms with Crippen LogP contribution in [-0.2, 0) is 0 Å². The first kappa shape index (κ1) is 17.1. The van der Waals surface area contributed by atoms with Gasteiger partial charge in [0.2, 0.25) is 5.78 Å². The van der Waals surface area contributed by atoms with E-state index in [9.17, 15) is 10.1 Å². The fourth-order valence-electron chi connectivity index (χ4n) is 1.99. The SMILES string of the molecule is CCOc1cc(/C=C(\C#N)C(=O)c2cccs2)cc(Cl)c1OC. The van der Waals surface area contributed by atoms with Crippen LogP contribution in [0.3, 0.4) is 0 Å². The minimum atomic E-state index is -0.313. The third kappa shape index (κ3) is 3.92. The monoisotopic (exact) mass is 347 g/mol. The van der Waals surface area contributed by atoms with E-state index < -0.39 is 0 Å². The minimum Gasteiger partial charge on any atom is -0.491 e. The van der Waals surface area contributed by atoms with Crippen molar-refractivity contribution in [3.05, 3.63) is 50.7 Å². The molecule has 118 valence electrons. The normalized spacial score (nSPS) is 11.0. The summed E-state index contributed by atoms with van der Waals surface area (Å²) in [6.07, 6.45) is 1.50. The van der Waals surface area contributed by atoms with Crippen molar-refractivity contribution in [3.8, 4) is 17.6 Å². The van der Waals surface area contributed by atoms with Crippen molar-refractivity contribution < 1.29 is 14.3 Å². The molecular formula is C17H14ClNO3S. The second-order valence-electron chi connectivity index (χ2n) is 4.44. The zero-order chi connectivity index (χ0) is 16.8. The summed E-state index contributed by atoms with van der Waals surface area (Å²) in [6, 6.07) is 8.71. The molecular weight excluding hydrogens is 334 g/mol. The number of ether oxygens (including phenoxy) is 2. The fraction of sp³-hybridized carbons (Fsp3) is 0.176. The number of nitrogens with zero attached hydrogens (tertiary/aromatic N) is 1. The van der Waals surface area contributed by atoms with Gasteiger partial charge in [-0.05, 0) is 42.1 Å². The summed E-state index contributed by atoms with van der Waals surface area (Å²) in [6.45, 7) is 2.29. The maximum absolute atomic E-state index is 12.3. The third-order valence-electron chi connectivity index (χ3n) is 2.96. The van der Waals surface area contributed by atoms with Crippen LogP contribution in [0.4, 0.5) is 0 Å². The molecule has 6 heteroatoms. The quantitative estimate of drug-likeness (QED) is 0.435. The molecule has 0 radical (unpaired) electrons. The molecule has 0 spiro atoms. The number of nitriles is 1. The average Bonchev–Trinajstić information content (AvgIpc) is 3.06. The van der Waals surface area contributed by atoms with E-state index in [4.69, 9.17) is 21.1 Å². The number of hydrogen-bond acceptors (Lipinski definition) is 5. The molecule has 0 aliphatic heterocycles. The van der Waals surface area contributed by atoms with E-state index in [0.717, 1.165) is 0 Å². The van der Waals surface area contributed by atoms with Gasteiger partial charge in [0, 0.05) is 0 Å². The number of hydrogen-bond donors (Lipinski definition) is 0. The number of halogens is 1. The summed E-state index contributed by atoms with van der Waals surface area (Å²) >= 11 is 7.47. The van der Waals surface area contributed by atoms with Crippen LogP contribution >= 0.6 is 22.9 Å². The molecule has 0 saturated heterocycles. The number of benzene rings is 1. The number of rotatable bonds is 6. The molecule has 2 aromatic rings. The Kier molecular flexibility index (Phi) is 5.80. The van der Waals surface area contributed by atoms with Crippen LogP contribution < -0.4 is 9.47 Å². The van der Waals surface area contributed by atoms with Gasteiger partial charge >= 0.3 is 0 Å². The van der Waals surface area contributed by atoms with Crippen LogP contribution in [0.1, 0.15) is 22.2 Å². The highest BCUT2D eigenvalue weighted by atomic mass is 35.5. The summed E-state index contributed by atoms with van der Waals surface area (Å²) in [5, 5.41) is 11.4. The highest BCUT2D eigenvalue weighted by Crippen LogP contribution is 2.37. The van der Waals surface area contributed by atoms with Crippen molar-refractivity contribution >= 4 is 34.8 Å². The van der Waals surface area contributed by atoms with Crippen LogP contribution in [0.5, 0.6) is 11.5 Å². The van der Waals surface area contributed by atoms with E-state index in [0.29, 0.717) is 33.6 Å². The van der Waals surface area contributed by atoms with E-state index in [-0.39, 0.29) is 11.4 Å². The second-order valence-corrected chi connectivity index (χ2v) is 5.80. The lowest BCUT2D eigenvalue weighted by Gasteiger charge is -2.12. The number of Topliss-reactive ketones (excluding diaryl/α,β-unsaturated/α-hetero) is 1. The third-order valence-corrected chi connectivity index (χ3v) is 4.11. The molecule has 4 nitrogen and oxygen atoms in total. The van der Waals surface area contributed by atoms with Crippen LogP contribution in [-0.4, -0.2) is 19.5 Å². The molecule has 0 fully saturated rings. The standard InChI is InChI=1S/C17H14ClNO3S/c1-3-22-14-9-11(8-13(18)17(14)21-2)7-12(10-19)16(20)15-5-4-6-23-15/h4-9H,3H2,1-2H3/b12-7+. The van der Waals surface area contributed by atoms with Gasteiger partial charge in [0.25, 0.3) is 0 Å². The molecule has 0 aliphatic carbocycles. The number of carbonyl (C=O) groups is 1. The molecule has 0 saturated carbocycles. The number of ketones is 1. The Morgan fingerprint density at radius 1 is 1.48 bits per heavy atom. The maximum atomic E-state index is 12.3. The molecule has 2 rings (SSSR count). The Labute approximate surface area is 143 Å². The first-order chi connectivity index (χ1) is 11.1. The highest BCUT2D eigenvalue weighted by molar-refractivity contribution is 7.12. The van der Waals surface area contributed by atoms with E-state index in [1.807, 2.05) is 13.0 Å². The first-order valence-electron chi connectivity index (χ1n) is 6.81. The molecule has 1 aromatic heterocycles. The Bertz CT molecular complexity index is 776. The van der Waals surface area contributed by atoms with Gasteiger partial charge in [0.15, 0.2) is 11.5 Å². The van der Waals surface area contributed by atoms with Crippen LogP contribution in [0.2, 0.25) is 5.02 Å². The fourth-order valence-corrected chi connectivity index (χ4v) is 2.96. The Morgan fingerprint density at radius 3 is 2.83 bits per heavy atom. The van der Waals surface area contributed by atoms with Gasteiger partial charge in [-0.2, -0.15) is 5.26 Å². The number of allylic oxidation sites excluding steroid dienone is 1. The number of thiophene rings is 1. The van der Waals surface area contributed by atoms with Gasteiger partial charge < -0.3 is 9.47 Å². The summed E-state index contributed by atoms with van der Waals surface area (Å²) in [5.41, 5.74) is 0.636. The lowest BCUT2D eigenvalue weighted by atomic mass is 10.1. The zero-order valence-electron chi connectivity index (χ0n) is 12.6. The summed E-state index contributed by atoms with van der Waals surface area (Å²) < 4.78 is 10.7. The van der Waals surface area contributed by atoms with E-state index in [1.54, 1.807) is 29.6 Å². The molecule has 0 unspecified atom stereocenters. The van der Waals surface area contributed by atoms with Crippen molar-refractivity contribution in [1.82, 2.24) is 0 Å². The summed E-state index contributed by atoms with van der Waals surface area (Å²) in [7, 11) is 1.50. The molecule has 0 N–H and O–H groups in total. The minimum absolute atomic E-state index is 0.0381. The van der Waals surface area contributed by atoms with Gasteiger partial charge in [-0.15, -0.1) is 11.3 Å². The Hall–Kier alpha value is -2.29. The number of methoxy groups -OCH3 is 1. The Balaban J connectivity index is 2.44. The van der Waals surface area contributed by atoms with Gasteiger partial charge in [0.05, 0.1) is 23.6 Å². The van der Waals surface area contributed by atoms with Crippen molar-refractivity contribution in [2.45, 2.75) is 6.92 Å². The molecule has 0 bridgehead atoms. The van der Waals surface area contributed by atoms with Crippen molar-refractivity contribution in [2.24, 2.45) is 0 Å². The summed E-state index contributed by atoms with van der Waals surface area (Å²) in [4.78, 5) is 12.8. The molecule has 23 heavy (non-hydrogen) atoms. The summed E-state index contributed by atoms with van der Waals surface area (Å²) in [5.74, 6) is 0.579. The largest absolute Gasteiger partial charge is 0.491 e. The Morgan fingerprint density at radius 2 is 2.26 bits per heavy atom. The predicted octanol–water partition coefficient (Wildman–Crippen LogP) is 4.60. The van der Waals surface area contributed by atoms with E-state index in [1.165, 1.54) is 24.5 Å². The molecule has 1 aromatic carbocycles. The maximum Gasteiger partial charge on any atom is 0.213 e. The van der Waals surface area contributed by atoms with Gasteiger partial charge in [-0.1, -0.05) is 17.7 Å². The van der Waals surface area contributed by atoms with Crippen molar-refractivity contribution in [2.75, 3.05) is 13.7 Å². The van der Waals surface area contributed by atoms with E-state index >= 15 is 0 Å². The smallest absolute Gasteiger partial charge is 0.213 e. The highest BCUT2D eigenvalue weighted by Gasteiger charge is 2.15. The lowest BCUT2D eigenvalue weighted by molar-refractivity contribution is 0.104. The van der Waals surface area contributed by atoms with Crippen molar-refractivity contribution in [1.29, 1.82) is 5.26 Å². The van der Waals surface area contributed by atoms with Crippen LogP contribution in [0.15, 0.2) is 35.2 Å². The predicted molar refractivity (Wildman–Crippen MR) is 91.4 cm³/mol. The molecule has 1 heterocycles. The zero-order valence-corrected chi connectivity index (χ0v) is 14.2. The lowest BCUT2D eigenvalue weighted by Crippen LogP contribution is -2.00. The molecule has 0 amide bonds. The average molecular weight is 348 g/mol. The first-order valence-corrected chi connectivity index (χ1v) is 8.06. The second kappa shape index (κ2) is 7.82. The molecule has 0 atom stereocenters. The van der Waals surface area contributed by atoms with Gasteiger partial charge in [-0.3, -0.25) is 4.79 Å². The van der Waals surface area contributed by atoms with E-state index in [2.05, 4.69) is 0 Å².